The lowest BCUT2D eigenvalue weighted by atomic mass is 10.5. The molecule has 0 spiro atoms. The molecule has 0 aliphatic carbocycles. The van der Waals surface area contributed by atoms with Gasteiger partial charge in [0.1, 0.15) is 0 Å². The Morgan fingerprint density at radius 3 is 2.86 bits per heavy atom. The van der Waals surface area contributed by atoms with Crippen molar-refractivity contribution >= 4 is 24.6 Å². The molecule has 1 aliphatic heterocycles. The number of Topliss-reactive ketones (excluding diaryl/α,β-unsaturated/α-hetero) is 1. The second kappa shape index (κ2) is 1.54. The molecule has 1 atom stereocenters. The van der Waals surface area contributed by atoms with Crippen LogP contribution in [0.15, 0.2) is 5.10 Å². The third kappa shape index (κ3) is 0.742. The van der Waals surface area contributed by atoms with Gasteiger partial charge in [-0.25, -0.2) is 0 Å². The van der Waals surface area contributed by atoms with E-state index < -0.39 is 5.37 Å². The third-order valence-corrected chi connectivity index (χ3v) is 1.03. The summed E-state index contributed by atoms with van der Waals surface area (Å²) in [5.41, 5.74) is 2.45. The van der Waals surface area contributed by atoms with E-state index in [4.69, 9.17) is 0 Å². The van der Waals surface area contributed by atoms with Gasteiger partial charge < -0.3 is 0 Å². The Hall–Kier alpha value is -0.510. The van der Waals surface area contributed by atoms with E-state index in [1.165, 1.54) is 6.21 Å². The molecule has 1 N–H and O–H groups in total. The van der Waals surface area contributed by atoms with Crippen molar-refractivity contribution in [3.8, 4) is 0 Å². The van der Waals surface area contributed by atoms with Crippen LogP contribution in [0.5, 0.6) is 0 Å². The molecule has 1 rings (SSSR count). The Balaban J connectivity index is 2.62. The van der Waals surface area contributed by atoms with Gasteiger partial charge in [-0.05, 0) is 0 Å². The van der Waals surface area contributed by atoms with Crippen LogP contribution in [-0.2, 0) is 4.79 Å². The highest BCUT2D eigenvalue weighted by molar-refractivity contribution is 7.82. The zero-order valence-corrected chi connectivity index (χ0v) is 4.35. The van der Waals surface area contributed by atoms with Crippen molar-refractivity contribution in [2.75, 3.05) is 0 Å². The first-order valence-electron chi connectivity index (χ1n) is 1.81. The maximum Gasteiger partial charge on any atom is 0.209 e. The van der Waals surface area contributed by atoms with Gasteiger partial charge in [0, 0.05) is 0 Å². The predicted octanol–water partition coefficient (Wildman–Crippen LogP) is -0.600. The first kappa shape index (κ1) is 4.64. The molecule has 3 nitrogen and oxygen atoms in total. The van der Waals surface area contributed by atoms with E-state index in [-0.39, 0.29) is 5.78 Å². The highest BCUT2D eigenvalue weighted by atomic mass is 32.1. The fourth-order valence-corrected chi connectivity index (χ4v) is 0.439. The summed E-state index contributed by atoms with van der Waals surface area (Å²) in [7, 11) is 0. The van der Waals surface area contributed by atoms with Crippen LogP contribution in [0.25, 0.3) is 0 Å². The van der Waals surface area contributed by atoms with Crippen LogP contribution < -0.4 is 5.43 Å². The number of hydrogen-bond donors (Lipinski definition) is 2. The molecule has 0 aromatic heterocycles. The van der Waals surface area contributed by atoms with Gasteiger partial charge in [-0.3, -0.25) is 10.2 Å². The normalized spacial score (nSPS) is 28.1. The number of ketones is 1. The highest BCUT2D eigenvalue weighted by Gasteiger charge is 2.13. The number of rotatable bonds is 0. The van der Waals surface area contributed by atoms with Gasteiger partial charge >= 0.3 is 0 Å². The molecule has 0 saturated carbocycles. The molecular weight excluding hydrogens is 112 g/mol. The molecule has 1 unspecified atom stereocenters. The number of nitrogens with one attached hydrogen (secondary N) is 1. The molecule has 0 aromatic rings. The van der Waals surface area contributed by atoms with Gasteiger partial charge in [-0.1, -0.05) is 0 Å². The van der Waals surface area contributed by atoms with Crippen molar-refractivity contribution in [1.29, 1.82) is 0 Å². The minimum absolute atomic E-state index is 0.0802. The second-order valence-electron chi connectivity index (χ2n) is 1.19. The number of hydrazone groups is 1. The molecular formula is C3H4N2OS. The molecule has 0 amide bonds. The number of nitrogens with zero attached hydrogens (tertiary/aromatic N) is 1. The topological polar surface area (TPSA) is 41.5 Å². The third-order valence-electron chi connectivity index (χ3n) is 0.658. The zero-order chi connectivity index (χ0) is 5.28. The van der Waals surface area contributed by atoms with Gasteiger partial charge in [0.15, 0.2) is 5.37 Å². The Morgan fingerprint density at radius 2 is 2.71 bits per heavy atom. The molecule has 0 bridgehead atoms. The average Bonchev–Trinajstić information content (AvgIpc) is 1.91. The molecule has 7 heavy (non-hydrogen) atoms. The van der Waals surface area contributed by atoms with Gasteiger partial charge in [0.05, 0.1) is 6.21 Å². The lowest BCUT2D eigenvalue weighted by Crippen LogP contribution is -2.19. The SMILES string of the molecule is O=C1C=NNC1S. The van der Waals surface area contributed by atoms with Crippen LogP contribution in [-0.4, -0.2) is 17.4 Å². The Labute approximate surface area is 46.2 Å². The molecule has 1 heterocycles. The Bertz CT molecular complexity index is 122. The van der Waals surface area contributed by atoms with Crippen molar-refractivity contribution in [3.05, 3.63) is 0 Å². The lowest BCUT2D eigenvalue weighted by Gasteiger charge is -1.92. The van der Waals surface area contributed by atoms with Gasteiger partial charge in [0.2, 0.25) is 5.78 Å². The maximum atomic E-state index is 10.3. The summed E-state index contributed by atoms with van der Waals surface area (Å²) in [5, 5.41) is 3.04. The summed E-state index contributed by atoms with van der Waals surface area (Å²) in [4.78, 5) is 10.3. The second-order valence-corrected chi connectivity index (χ2v) is 1.71. The van der Waals surface area contributed by atoms with E-state index in [1.807, 2.05) is 0 Å². The quantitative estimate of drug-likeness (QED) is 0.415. The van der Waals surface area contributed by atoms with Crippen molar-refractivity contribution in [2.24, 2.45) is 5.10 Å². The Kier molecular flexibility index (Phi) is 1.02. The predicted molar refractivity (Wildman–Crippen MR) is 29.4 cm³/mol. The fraction of sp³-hybridized carbons (Fsp3) is 0.333. The van der Waals surface area contributed by atoms with Crippen molar-refractivity contribution < 1.29 is 4.79 Å². The van der Waals surface area contributed by atoms with E-state index in [9.17, 15) is 4.79 Å². The monoisotopic (exact) mass is 116 g/mol. The van der Waals surface area contributed by atoms with Crippen LogP contribution in [0.3, 0.4) is 0 Å². The highest BCUT2D eigenvalue weighted by Crippen LogP contribution is 1.94. The largest absolute Gasteiger partial charge is 0.290 e. The minimum atomic E-state index is -0.403. The summed E-state index contributed by atoms with van der Waals surface area (Å²) in [5.74, 6) is -0.0802. The first-order valence-corrected chi connectivity index (χ1v) is 2.33. The van der Waals surface area contributed by atoms with Crippen LogP contribution in [0.4, 0.5) is 0 Å². The van der Waals surface area contributed by atoms with Crippen molar-refractivity contribution in [3.63, 3.8) is 0 Å². The summed E-state index contributed by atoms with van der Waals surface area (Å²) in [6.45, 7) is 0. The molecule has 0 radical (unpaired) electrons. The summed E-state index contributed by atoms with van der Waals surface area (Å²) in [6, 6.07) is 0. The fourth-order valence-electron chi connectivity index (χ4n) is 0.306. The first-order chi connectivity index (χ1) is 3.30. The van der Waals surface area contributed by atoms with E-state index in [1.54, 1.807) is 0 Å². The molecule has 0 aromatic carbocycles. The van der Waals surface area contributed by atoms with Gasteiger partial charge in [-0.15, -0.1) is 12.6 Å². The number of carbonyl (C=O) groups excluding carboxylic acids is 1. The summed E-state index contributed by atoms with van der Waals surface area (Å²) >= 11 is 3.80. The molecule has 0 fully saturated rings. The Morgan fingerprint density at radius 1 is 2.00 bits per heavy atom. The van der Waals surface area contributed by atoms with Crippen LogP contribution in [0.1, 0.15) is 0 Å². The van der Waals surface area contributed by atoms with Gasteiger partial charge in [0.25, 0.3) is 0 Å². The summed E-state index contributed by atoms with van der Waals surface area (Å²) < 4.78 is 0. The maximum absolute atomic E-state index is 10.3. The van der Waals surface area contributed by atoms with E-state index in [0.29, 0.717) is 0 Å². The van der Waals surface area contributed by atoms with Crippen molar-refractivity contribution in [1.82, 2.24) is 5.43 Å². The average molecular weight is 116 g/mol. The smallest absolute Gasteiger partial charge is 0.209 e. The van der Waals surface area contributed by atoms with Crippen LogP contribution >= 0.6 is 12.6 Å². The van der Waals surface area contributed by atoms with Crippen LogP contribution in [0, 0.1) is 0 Å². The number of carbonyl (C=O) groups is 1. The zero-order valence-electron chi connectivity index (χ0n) is 3.46. The molecule has 38 valence electrons. The summed E-state index contributed by atoms with van der Waals surface area (Å²) in [6.07, 6.45) is 1.22. The number of hydrogen-bond acceptors (Lipinski definition) is 4. The molecule has 1 aliphatic rings. The molecule has 0 saturated heterocycles. The van der Waals surface area contributed by atoms with Crippen LogP contribution in [0.2, 0.25) is 0 Å². The van der Waals surface area contributed by atoms with Gasteiger partial charge in [-0.2, -0.15) is 5.10 Å². The molecule has 4 heteroatoms. The van der Waals surface area contributed by atoms with E-state index >= 15 is 0 Å². The van der Waals surface area contributed by atoms with E-state index in [2.05, 4.69) is 23.2 Å². The minimum Gasteiger partial charge on any atom is -0.290 e. The van der Waals surface area contributed by atoms with Crippen molar-refractivity contribution in [2.45, 2.75) is 5.37 Å². The lowest BCUT2D eigenvalue weighted by molar-refractivity contribution is -0.111. The standard InChI is InChI=1S/C3H4N2OS/c6-2-1-4-5-3(2)7/h1,3,5,7H. The van der Waals surface area contributed by atoms with E-state index in [0.717, 1.165) is 0 Å². The number of thiol groups is 1.